The molecule has 1 aromatic heterocycles. The van der Waals surface area contributed by atoms with Crippen LogP contribution in [0.5, 0.6) is 0 Å². The third-order valence-corrected chi connectivity index (χ3v) is 3.44. The van der Waals surface area contributed by atoms with E-state index in [2.05, 4.69) is 10.5 Å². The Morgan fingerprint density at radius 2 is 2.05 bits per heavy atom. The molecule has 1 aromatic carbocycles. The van der Waals surface area contributed by atoms with Crippen molar-refractivity contribution in [1.82, 2.24) is 15.2 Å². The van der Waals surface area contributed by atoms with Crippen molar-refractivity contribution in [2.45, 2.75) is 25.7 Å². The van der Waals surface area contributed by atoms with Gasteiger partial charge in [0.15, 0.2) is 0 Å². The summed E-state index contributed by atoms with van der Waals surface area (Å²) in [5.74, 6) is 5.48. The number of alkyl halides is 3. The average molecular weight is 319 g/mol. The van der Waals surface area contributed by atoms with E-state index < -0.39 is 17.8 Å². The normalized spacial score (nSPS) is 13.4. The molecule has 0 saturated carbocycles. The number of nitrogens with zero attached hydrogens (tertiary/aromatic N) is 2. The van der Waals surface area contributed by atoms with Gasteiger partial charge in [-0.1, -0.05) is 29.8 Å². The Hall–Kier alpha value is -1.57. The quantitative estimate of drug-likeness (QED) is 0.672. The maximum Gasteiger partial charge on any atom is 0.416 e. The first kappa shape index (κ1) is 15.8. The molecule has 0 aliphatic rings. The predicted molar refractivity (Wildman–Crippen MR) is 73.5 cm³/mol. The van der Waals surface area contributed by atoms with Gasteiger partial charge in [0.05, 0.1) is 28.5 Å². The van der Waals surface area contributed by atoms with Gasteiger partial charge in [0.1, 0.15) is 0 Å². The van der Waals surface area contributed by atoms with E-state index in [1.54, 1.807) is 0 Å². The average Bonchev–Trinajstić information content (AvgIpc) is 2.81. The zero-order valence-corrected chi connectivity index (χ0v) is 11.9. The molecule has 3 N–H and O–H groups in total. The molecule has 4 nitrogen and oxygen atoms in total. The van der Waals surface area contributed by atoms with E-state index >= 15 is 0 Å². The Balaban J connectivity index is 2.60. The van der Waals surface area contributed by atoms with Gasteiger partial charge in [0.2, 0.25) is 0 Å². The zero-order valence-electron chi connectivity index (χ0n) is 11.2. The first-order chi connectivity index (χ1) is 9.90. The molecule has 0 amide bonds. The lowest BCUT2D eigenvalue weighted by Crippen LogP contribution is -2.32. The van der Waals surface area contributed by atoms with E-state index in [0.717, 1.165) is 6.07 Å². The highest BCUT2D eigenvalue weighted by molar-refractivity contribution is 6.31. The van der Waals surface area contributed by atoms with Gasteiger partial charge in [0.25, 0.3) is 0 Å². The maximum atomic E-state index is 13.1. The minimum absolute atomic E-state index is 0.00426. The van der Waals surface area contributed by atoms with Crippen LogP contribution in [0.4, 0.5) is 13.2 Å². The van der Waals surface area contributed by atoms with Crippen LogP contribution in [0.15, 0.2) is 30.5 Å². The Morgan fingerprint density at radius 3 is 2.62 bits per heavy atom. The van der Waals surface area contributed by atoms with Crippen molar-refractivity contribution < 1.29 is 13.2 Å². The Morgan fingerprint density at radius 1 is 1.38 bits per heavy atom. The van der Waals surface area contributed by atoms with Gasteiger partial charge in [-0.3, -0.25) is 10.5 Å². The summed E-state index contributed by atoms with van der Waals surface area (Å²) in [6.07, 6.45) is -3.09. The molecular weight excluding hydrogens is 305 g/mol. The lowest BCUT2D eigenvalue weighted by atomic mass is 9.98. The molecule has 8 heteroatoms. The van der Waals surface area contributed by atoms with E-state index in [1.165, 1.54) is 29.1 Å². The SMILES string of the molecule is CCn1ncc(Cl)c1C(NN)c1ccccc1C(F)(F)F. The van der Waals surface area contributed by atoms with Gasteiger partial charge in [0, 0.05) is 6.54 Å². The molecule has 0 bridgehead atoms. The van der Waals surface area contributed by atoms with Crippen LogP contribution in [0.3, 0.4) is 0 Å². The fourth-order valence-electron chi connectivity index (χ4n) is 2.23. The molecule has 0 saturated heterocycles. The number of hydrazine groups is 1. The molecule has 1 unspecified atom stereocenters. The number of benzene rings is 1. The van der Waals surface area contributed by atoms with Crippen LogP contribution in [0.25, 0.3) is 0 Å². The highest BCUT2D eigenvalue weighted by atomic mass is 35.5. The molecule has 2 aromatic rings. The van der Waals surface area contributed by atoms with Gasteiger partial charge in [-0.2, -0.15) is 18.3 Å². The number of rotatable bonds is 4. The summed E-state index contributed by atoms with van der Waals surface area (Å²) in [6.45, 7) is 2.28. The van der Waals surface area contributed by atoms with Crippen LogP contribution in [0.2, 0.25) is 5.02 Å². The van der Waals surface area contributed by atoms with Gasteiger partial charge in [-0.25, -0.2) is 5.43 Å². The van der Waals surface area contributed by atoms with E-state index in [9.17, 15) is 13.2 Å². The number of aryl methyl sites for hydroxylation is 1. The van der Waals surface area contributed by atoms with Crippen molar-refractivity contribution in [3.63, 3.8) is 0 Å². The minimum atomic E-state index is -4.48. The molecule has 114 valence electrons. The molecule has 21 heavy (non-hydrogen) atoms. The minimum Gasteiger partial charge on any atom is -0.271 e. The molecule has 1 heterocycles. The van der Waals surface area contributed by atoms with Crippen molar-refractivity contribution in [2.24, 2.45) is 5.84 Å². The van der Waals surface area contributed by atoms with Crippen molar-refractivity contribution in [2.75, 3.05) is 0 Å². The molecule has 0 spiro atoms. The third-order valence-electron chi connectivity index (χ3n) is 3.15. The standard InChI is InChI=1S/C13H14ClF3N4/c1-2-21-12(10(14)7-19-21)11(20-18)8-5-3-4-6-9(8)13(15,16)17/h3-7,11,20H,2,18H2,1H3. The van der Waals surface area contributed by atoms with Crippen LogP contribution in [-0.2, 0) is 12.7 Å². The predicted octanol–water partition coefficient (Wildman–Crippen LogP) is 3.13. The van der Waals surface area contributed by atoms with Crippen molar-refractivity contribution >= 4 is 11.6 Å². The second kappa shape index (κ2) is 6.05. The van der Waals surface area contributed by atoms with Crippen molar-refractivity contribution in [1.29, 1.82) is 0 Å². The Kier molecular flexibility index (Phi) is 4.55. The van der Waals surface area contributed by atoms with Gasteiger partial charge < -0.3 is 0 Å². The molecule has 0 aliphatic carbocycles. The fraction of sp³-hybridized carbons (Fsp3) is 0.308. The molecular formula is C13H14ClF3N4. The zero-order chi connectivity index (χ0) is 15.6. The van der Waals surface area contributed by atoms with E-state index in [4.69, 9.17) is 17.4 Å². The van der Waals surface area contributed by atoms with Crippen LogP contribution < -0.4 is 11.3 Å². The van der Waals surface area contributed by atoms with Crippen LogP contribution in [0, 0.1) is 0 Å². The molecule has 0 fully saturated rings. The first-order valence-electron chi connectivity index (χ1n) is 6.23. The summed E-state index contributed by atoms with van der Waals surface area (Å²) in [4.78, 5) is 0. The van der Waals surface area contributed by atoms with Gasteiger partial charge in [-0.05, 0) is 18.6 Å². The van der Waals surface area contributed by atoms with E-state index in [1.807, 2.05) is 6.92 Å². The highest BCUT2D eigenvalue weighted by Gasteiger charge is 2.36. The van der Waals surface area contributed by atoms with E-state index in [0.29, 0.717) is 12.2 Å². The van der Waals surface area contributed by atoms with Crippen LogP contribution in [0.1, 0.15) is 29.8 Å². The third kappa shape index (κ3) is 3.04. The summed E-state index contributed by atoms with van der Waals surface area (Å²) in [6, 6.07) is 4.34. The number of halogens is 4. The summed E-state index contributed by atoms with van der Waals surface area (Å²) in [5.41, 5.74) is 2.05. The highest BCUT2D eigenvalue weighted by Crippen LogP contribution is 2.37. The first-order valence-corrected chi connectivity index (χ1v) is 6.61. The van der Waals surface area contributed by atoms with Crippen molar-refractivity contribution in [3.05, 3.63) is 52.3 Å². The monoisotopic (exact) mass is 318 g/mol. The van der Waals surface area contributed by atoms with E-state index in [-0.39, 0.29) is 10.6 Å². The number of hydrogen-bond donors (Lipinski definition) is 2. The molecule has 0 radical (unpaired) electrons. The number of nitrogens with two attached hydrogens (primary N) is 1. The lowest BCUT2D eigenvalue weighted by molar-refractivity contribution is -0.138. The van der Waals surface area contributed by atoms with Gasteiger partial charge >= 0.3 is 6.18 Å². The van der Waals surface area contributed by atoms with Crippen LogP contribution >= 0.6 is 11.6 Å². The number of nitrogens with one attached hydrogen (secondary N) is 1. The maximum absolute atomic E-state index is 13.1. The summed E-state index contributed by atoms with van der Waals surface area (Å²) < 4.78 is 41.0. The lowest BCUT2D eigenvalue weighted by Gasteiger charge is -2.22. The Bertz CT molecular complexity index is 624. The second-order valence-corrected chi connectivity index (χ2v) is 4.79. The summed E-state index contributed by atoms with van der Waals surface area (Å²) >= 11 is 6.05. The van der Waals surface area contributed by atoms with Crippen molar-refractivity contribution in [3.8, 4) is 0 Å². The molecule has 1 atom stereocenters. The molecule has 2 rings (SSSR count). The summed E-state index contributed by atoms with van der Waals surface area (Å²) in [7, 11) is 0. The number of hydrogen-bond acceptors (Lipinski definition) is 3. The second-order valence-electron chi connectivity index (χ2n) is 4.38. The Labute approximate surface area is 124 Å². The van der Waals surface area contributed by atoms with Crippen LogP contribution in [-0.4, -0.2) is 9.78 Å². The smallest absolute Gasteiger partial charge is 0.271 e. The van der Waals surface area contributed by atoms with Gasteiger partial charge in [-0.15, -0.1) is 0 Å². The summed E-state index contributed by atoms with van der Waals surface area (Å²) in [5, 5.41) is 4.29. The largest absolute Gasteiger partial charge is 0.416 e. The number of aromatic nitrogens is 2. The molecule has 0 aliphatic heterocycles. The topological polar surface area (TPSA) is 55.9 Å². The fourth-order valence-corrected chi connectivity index (χ4v) is 2.48.